The van der Waals surface area contributed by atoms with Gasteiger partial charge in [-0.2, -0.15) is 0 Å². The first-order chi connectivity index (χ1) is 7.70. The lowest BCUT2D eigenvalue weighted by molar-refractivity contribution is -0.0831. The van der Waals surface area contributed by atoms with Crippen LogP contribution in [-0.2, 0) is 4.74 Å². The second-order valence-corrected chi connectivity index (χ2v) is 7.11. The highest BCUT2D eigenvalue weighted by Gasteiger charge is 2.49. The molecule has 2 heterocycles. The summed E-state index contributed by atoms with van der Waals surface area (Å²) in [5.41, 5.74) is -0.00814. The van der Waals surface area contributed by atoms with E-state index in [1.165, 1.54) is 0 Å². The molecule has 3 atom stereocenters. The van der Waals surface area contributed by atoms with Crippen molar-refractivity contribution in [1.82, 2.24) is 10.2 Å². The van der Waals surface area contributed by atoms with Gasteiger partial charge in [0.2, 0.25) is 0 Å². The van der Waals surface area contributed by atoms with Crippen molar-refractivity contribution in [1.29, 1.82) is 0 Å². The summed E-state index contributed by atoms with van der Waals surface area (Å²) in [4.78, 5) is 2.63. The molecular weight excluding hydrogens is 212 g/mol. The van der Waals surface area contributed by atoms with Crippen LogP contribution >= 0.6 is 0 Å². The molecule has 0 aromatic carbocycles. The molecule has 100 valence electrons. The maximum atomic E-state index is 6.21. The van der Waals surface area contributed by atoms with Crippen molar-refractivity contribution >= 4 is 0 Å². The molecule has 2 saturated heterocycles. The number of ether oxygens (including phenoxy) is 1. The van der Waals surface area contributed by atoms with Gasteiger partial charge in [0, 0.05) is 31.2 Å². The van der Waals surface area contributed by atoms with E-state index < -0.39 is 0 Å². The predicted octanol–water partition coefficient (Wildman–Crippen LogP) is 2.01. The molecule has 1 N–H and O–H groups in total. The Morgan fingerprint density at radius 1 is 1.06 bits per heavy atom. The van der Waals surface area contributed by atoms with Crippen LogP contribution in [0, 0.1) is 0 Å². The number of nitrogens with zero attached hydrogens (tertiary/aromatic N) is 1. The van der Waals surface area contributed by atoms with Crippen molar-refractivity contribution in [3.63, 3.8) is 0 Å². The van der Waals surface area contributed by atoms with Gasteiger partial charge in [-0.05, 0) is 48.0 Å². The maximum Gasteiger partial charge on any atom is 0.0789 e. The third-order valence-electron chi connectivity index (χ3n) is 4.05. The summed E-state index contributed by atoms with van der Waals surface area (Å²) in [5, 5.41) is 3.60. The molecule has 2 aliphatic heterocycles. The zero-order valence-electron chi connectivity index (χ0n) is 12.2. The quantitative estimate of drug-likeness (QED) is 0.759. The predicted molar refractivity (Wildman–Crippen MR) is 71.3 cm³/mol. The van der Waals surface area contributed by atoms with E-state index >= 15 is 0 Å². The molecule has 3 heteroatoms. The zero-order valence-corrected chi connectivity index (χ0v) is 12.2. The van der Waals surface area contributed by atoms with Crippen molar-refractivity contribution in [2.45, 2.75) is 77.3 Å². The van der Waals surface area contributed by atoms with Crippen molar-refractivity contribution in [2.75, 3.05) is 13.1 Å². The molecule has 3 nitrogen and oxygen atoms in total. The Kier molecular flexibility index (Phi) is 3.30. The normalized spacial score (nSPS) is 41.6. The van der Waals surface area contributed by atoms with Crippen molar-refractivity contribution in [3.8, 4) is 0 Å². The molecule has 0 amide bonds. The molecule has 0 bridgehead atoms. The summed E-state index contributed by atoms with van der Waals surface area (Å²) in [6.07, 6.45) is 1.14. The largest absolute Gasteiger partial charge is 0.368 e. The molecular formula is C14H28N2O. The number of hydrogen-bond donors (Lipinski definition) is 1. The minimum atomic E-state index is -0.0275. The van der Waals surface area contributed by atoms with Gasteiger partial charge in [-0.15, -0.1) is 0 Å². The standard InChI is InChI=1S/C14H28N2O/c1-10-8-16(9-11(2)15-10)12-7-13(3,4)17-14(12,5)6/h10-12,15H,7-9H2,1-6H3. The Bertz CT molecular complexity index is 278. The van der Waals surface area contributed by atoms with Crippen LogP contribution in [0.3, 0.4) is 0 Å². The van der Waals surface area contributed by atoms with Crippen molar-refractivity contribution < 1.29 is 4.74 Å². The Balaban J connectivity index is 2.11. The molecule has 3 unspecified atom stereocenters. The number of piperazine rings is 1. The van der Waals surface area contributed by atoms with Crippen LogP contribution in [0.15, 0.2) is 0 Å². The lowest BCUT2D eigenvalue weighted by atomic mass is 9.91. The number of nitrogens with one attached hydrogen (secondary N) is 1. The van der Waals surface area contributed by atoms with Crippen molar-refractivity contribution in [3.05, 3.63) is 0 Å². The van der Waals surface area contributed by atoms with E-state index in [9.17, 15) is 0 Å². The summed E-state index contributed by atoms with van der Waals surface area (Å²) >= 11 is 0. The molecule has 0 aromatic rings. The number of rotatable bonds is 1. The molecule has 2 rings (SSSR count). The molecule has 0 saturated carbocycles. The highest BCUT2D eigenvalue weighted by Crippen LogP contribution is 2.40. The Labute approximate surface area is 106 Å². The molecule has 0 radical (unpaired) electrons. The summed E-state index contributed by atoms with van der Waals surface area (Å²) in [5.74, 6) is 0. The molecule has 2 fully saturated rings. The molecule has 0 aromatic heterocycles. The van der Waals surface area contributed by atoms with Gasteiger partial charge in [0.05, 0.1) is 11.2 Å². The van der Waals surface area contributed by atoms with Gasteiger partial charge in [0.1, 0.15) is 0 Å². The van der Waals surface area contributed by atoms with Gasteiger partial charge >= 0.3 is 0 Å². The van der Waals surface area contributed by atoms with E-state index in [0.717, 1.165) is 19.5 Å². The van der Waals surface area contributed by atoms with E-state index in [-0.39, 0.29) is 11.2 Å². The van der Waals surface area contributed by atoms with Gasteiger partial charge in [-0.3, -0.25) is 4.90 Å². The van der Waals surface area contributed by atoms with Crippen LogP contribution in [0.1, 0.15) is 48.0 Å². The van der Waals surface area contributed by atoms with Crippen molar-refractivity contribution in [2.24, 2.45) is 0 Å². The molecule has 0 spiro atoms. The fraction of sp³-hybridized carbons (Fsp3) is 1.00. The second kappa shape index (κ2) is 4.22. The van der Waals surface area contributed by atoms with E-state index in [1.54, 1.807) is 0 Å². The minimum absolute atomic E-state index is 0.0194. The molecule has 17 heavy (non-hydrogen) atoms. The van der Waals surface area contributed by atoms with Crippen LogP contribution in [0.4, 0.5) is 0 Å². The first-order valence-electron chi connectivity index (χ1n) is 6.90. The average Bonchev–Trinajstić information content (AvgIpc) is 2.32. The highest BCUT2D eigenvalue weighted by atomic mass is 16.5. The van der Waals surface area contributed by atoms with Crippen LogP contribution in [0.2, 0.25) is 0 Å². The van der Waals surface area contributed by atoms with E-state index in [1.807, 2.05) is 0 Å². The lowest BCUT2D eigenvalue weighted by Gasteiger charge is -2.43. The van der Waals surface area contributed by atoms with Crippen LogP contribution in [0.25, 0.3) is 0 Å². The third-order valence-corrected chi connectivity index (χ3v) is 4.05. The Morgan fingerprint density at radius 2 is 1.59 bits per heavy atom. The lowest BCUT2D eigenvalue weighted by Crippen LogP contribution is -2.60. The van der Waals surface area contributed by atoms with E-state index in [4.69, 9.17) is 4.74 Å². The average molecular weight is 240 g/mol. The zero-order chi connectivity index (χ0) is 12.8. The minimum Gasteiger partial charge on any atom is -0.368 e. The van der Waals surface area contributed by atoms with E-state index in [2.05, 4.69) is 51.8 Å². The van der Waals surface area contributed by atoms with Gasteiger partial charge in [-0.1, -0.05) is 0 Å². The smallest absolute Gasteiger partial charge is 0.0789 e. The second-order valence-electron chi connectivity index (χ2n) is 7.11. The topological polar surface area (TPSA) is 24.5 Å². The van der Waals surface area contributed by atoms with E-state index in [0.29, 0.717) is 18.1 Å². The fourth-order valence-corrected chi connectivity index (χ4v) is 3.73. The third kappa shape index (κ3) is 2.83. The summed E-state index contributed by atoms with van der Waals surface area (Å²) in [6, 6.07) is 1.71. The molecule has 2 aliphatic rings. The SMILES string of the molecule is CC1CN(C2CC(C)(C)OC2(C)C)CC(C)N1. The first-order valence-corrected chi connectivity index (χ1v) is 6.90. The maximum absolute atomic E-state index is 6.21. The monoisotopic (exact) mass is 240 g/mol. The van der Waals surface area contributed by atoms with Crippen LogP contribution < -0.4 is 5.32 Å². The van der Waals surface area contributed by atoms with Gasteiger partial charge in [0.15, 0.2) is 0 Å². The van der Waals surface area contributed by atoms with Gasteiger partial charge in [0.25, 0.3) is 0 Å². The highest BCUT2D eigenvalue weighted by molar-refractivity contribution is 5.02. The summed E-state index contributed by atoms with van der Waals surface area (Å²) in [7, 11) is 0. The van der Waals surface area contributed by atoms with Crippen LogP contribution in [-0.4, -0.2) is 47.3 Å². The summed E-state index contributed by atoms with van der Waals surface area (Å²) in [6.45, 7) is 15.7. The first kappa shape index (κ1) is 13.3. The van der Waals surface area contributed by atoms with Crippen LogP contribution in [0.5, 0.6) is 0 Å². The Hall–Kier alpha value is -0.120. The molecule has 0 aliphatic carbocycles. The van der Waals surface area contributed by atoms with Gasteiger partial charge < -0.3 is 10.1 Å². The van der Waals surface area contributed by atoms with Gasteiger partial charge in [-0.25, -0.2) is 0 Å². The summed E-state index contributed by atoms with van der Waals surface area (Å²) < 4.78 is 6.21. The fourth-order valence-electron chi connectivity index (χ4n) is 3.73. The Morgan fingerprint density at radius 3 is 2.00 bits per heavy atom. The number of hydrogen-bond acceptors (Lipinski definition) is 3.